The summed E-state index contributed by atoms with van der Waals surface area (Å²) in [4.78, 5) is 0. The van der Waals surface area contributed by atoms with Gasteiger partial charge in [0.05, 0.1) is 18.8 Å². The molecule has 0 rings (SSSR count). The molecule has 3 unspecified atom stereocenters. The Bertz CT molecular complexity index is 79.8. The van der Waals surface area contributed by atoms with Crippen molar-refractivity contribution in [1.29, 1.82) is 0 Å². The van der Waals surface area contributed by atoms with Crippen LogP contribution in [0.25, 0.3) is 0 Å². The molecule has 6 N–H and O–H groups in total. The van der Waals surface area contributed by atoms with E-state index in [1.54, 1.807) is 0 Å². The second kappa shape index (κ2) is 4.62. The van der Waals surface area contributed by atoms with Crippen molar-refractivity contribution in [2.45, 2.75) is 31.5 Å². The first-order chi connectivity index (χ1) is 4.63. The normalized spacial score (nSPS) is 20.1. The van der Waals surface area contributed by atoms with Gasteiger partial charge in [0, 0.05) is 6.04 Å². The molecule has 0 saturated heterocycles. The monoisotopic (exact) mass is 148 g/mol. The minimum atomic E-state index is -0.796. The number of nitrogens with two attached hydrogens (primary N) is 2. The summed E-state index contributed by atoms with van der Waals surface area (Å²) in [6.07, 6.45) is -0.135. The lowest BCUT2D eigenvalue weighted by molar-refractivity contribution is 0.0856. The largest absolute Gasteiger partial charge is 0.395 e. The summed E-state index contributed by atoms with van der Waals surface area (Å²) in [5, 5.41) is 17.7. The Labute approximate surface area is 60.8 Å². The molecule has 0 aliphatic heterocycles. The van der Waals surface area contributed by atoms with E-state index >= 15 is 0 Å². The SMILES string of the molecule is CCC(N)C(O)C(N)CO. The first-order valence-electron chi connectivity index (χ1n) is 3.43. The van der Waals surface area contributed by atoms with Gasteiger partial charge in [0.25, 0.3) is 0 Å². The highest BCUT2D eigenvalue weighted by atomic mass is 16.3. The standard InChI is InChI=1S/C6H16N2O2/c1-2-4(7)6(10)5(8)3-9/h4-6,9-10H,2-3,7-8H2,1H3. The van der Waals surface area contributed by atoms with E-state index in [4.69, 9.17) is 16.6 Å². The van der Waals surface area contributed by atoms with Gasteiger partial charge in [-0.3, -0.25) is 0 Å². The van der Waals surface area contributed by atoms with Crippen molar-refractivity contribution < 1.29 is 10.2 Å². The molecule has 0 radical (unpaired) electrons. The Balaban J connectivity index is 3.69. The third kappa shape index (κ3) is 2.62. The quantitative estimate of drug-likeness (QED) is 0.386. The summed E-state index contributed by atoms with van der Waals surface area (Å²) in [7, 11) is 0. The molecule has 0 heterocycles. The minimum absolute atomic E-state index is 0.227. The van der Waals surface area contributed by atoms with Gasteiger partial charge in [-0.25, -0.2) is 0 Å². The van der Waals surface area contributed by atoms with Crippen molar-refractivity contribution in [3.63, 3.8) is 0 Å². The smallest absolute Gasteiger partial charge is 0.0863 e. The van der Waals surface area contributed by atoms with Gasteiger partial charge in [-0.1, -0.05) is 6.92 Å². The van der Waals surface area contributed by atoms with Crippen LogP contribution in [0.1, 0.15) is 13.3 Å². The molecule has 0 aromatic carbocycles. The molecule has 62 valence electrons. The molecular formula is C6H16N2O2. The lowest BCUT2D eigenvalue weighted by Gasteiger charge is -2.21. The van der Waals surface area contributed by atoms with Crippen LogP contribution >= 0.6 is 0 Å². The fraction of sp³-hybridized carbons (Fsp3) is 1.00. The van der Waals surface area contributed by atoms with Gasteiger partial charge in [-0.2, -0.15) is 0 Å². The van der Waals surface area contributed by atoms with Crippen molar-refractivity contribution in [2.24, 2.45) is 11.5 Å². The number of aliphatic hydroxyl groups excluding tert-OH is 2. The van der Waals surface area contributed by atoms with E-state index in [-0.39, 0.29) is 12.6 Å². The van der Waals surface area contributed by atoms with Crippen molar-refractivity contribution in [3.8, 4) is 0 Å². The summed E-state index contributed by atoms with van der Waals surface area (Å²) in [5.74, 6) is 0. The van der Waals surface area contributed by atoms with E-state index in [1.807, 2.05) is 6.92 Å². The van der Waals surface area contributed by atoms with Crippen molar-refractivity contribution in [3.05, 3.63) is 0 Å². The first kappa shape index (κ1) is 9.84. The number of hydrogen-bond acceptors (Lipinski definition) is 4. The maximum Gasteiger partial charge on any atom is 0.0863 e. The third-order valence-electron chi connectivity index (χ3n) is 1.56. The minimum Gasteiger partial charge on any atom is -0.395 e. The van der Waals surface area contributed by atoms with E-state index in [1.165, 1.54) is 0 Å². The molecule has 0 bridgehead atoms. The first-order valence-corrected chi connectivity index (χ1v) is 3.43. The van der Waals surface area contributed by atoms with E-state index in [0.717, 1.165) is 0 Å². The van der Waals surface area contributed by atoms with Crippen molar-refractivity contribution in [1.82, 2.24) is 0 Å². The molecular weight excluding hydrogens is 132 g/mol. The van der Waals surface area contributed by atoms with Crippen LogP contribution in [0.3, 0.4) is 0 Å². The van der Waals surface area contributed by atoms with Gasteiger partial charge in [-0.05, 0) is 6.42 Å². The number of rotatable bonds is 4. The van der Waals surface area contributed by atoms with Crippen molar-refractivity contribution in [2.75, 3.05) is 6.61 Å². The second-order valence-corrected chi connectivity index (χ2v) is 2.41. The molecule has 0 aromatic heterocycles. The molecule has 0 aliphatic rings. The van der Waals surface area contributed by atoms with Gasteiger partial charge in [0.2, 0.25) is 0 Å². The molecule has 0 spiro atoms. The highest BCUT2D eigenvalue weighted by Gasteiger charge is 2.19. The Morgan fingerprint density at radius 3 is 2.10 bits per heavy atom. The fourth-order valence-electron chi connectivity index (χ4n) is 0.667. The van der Waals surface area contributed by atoms with Crippen LogP contribution in [0.15, 0.2) is 0 Å². The van der Waals surface area contributed by atoms with Gasteiger partial charge < -0.3 is 21.7 Å². The lowest BCUT2D eigenvalue weighted by atomic mass is 10.0. The average molecular weight is 148 g/mol. The Morgan fingerprint density at radius 2 is 1.80 bits per heavy atom. The molecule has 3 atom stereocenters. The topological polar surface area (TPSA) is 92.5 Å². The predicted octanol–water partition coefficient (Wildman–Crippen LogP) is -1.60. The van der Waals surface area contributed by atoms with E-state index < -0.39 is 12.1 Å². The van der Waals surface area contributed by atoms with E-state index in [9.17, 15) is 5.11 Å². The van der Waals surface area contributed by atoms with Gasteiger partial charge >= 0.3 is 0 Å². The van der Waals surface area contributed by atoms with Crippen LogP contribution in [-0.4, -0.2) is 35.0 Å². The molecule has 0 aromatic rings. The van der Waals surface area contributed by atoms with Crippen LogP contribution < -0.4 is 11.5 Å². The predicted molar refractivity (Wildman–Crippen MR) is 39.3 cm³/mol. The molecule has 0 aliphatic carbocycles. The number of aliphatic hydroxyl groups is 2. The zero-order valence-corrected chi connectivity index (χ0v) is 6.20. The van der Waals surface area contributed by atoms with Gasteiger partial charge in [0.1, 0.15) is 0 Å². The summed E-state index contributed by atoms with van der Waals surface area (Å²) in [5.41, 5.74) is 10.8. The Hall–Kier alpha value is -0.160. The van der Waals surface area contributed by atoms with Crippen LogP contribution in [0, 0.1) is 0 Å². The summed E-state index contributed by atoms with van der Waals surface area (Å²) in [6.45, 7) is 1.63. The summed E-state index contributed by atoms with van der Waals surface area (Å²) in [6, 6.07) is -0.947. The molecule has 0 saturated carbocycles. The van der Waals surface area contributed by atoms with Gasteiger partial charge in [-0.15, -0.1) is 0 Å². The van der Waals surface area contributed by atoms with E-state index in [2.05, 4.69) is 0 Å². The molecule has 0 fully saturated rings. The summed E-state index contributed by atoms with van der Waals surface area (Å²) >= 11 is 0. The third-order valence-corrected chi connectivity index (χ3v) is 1.56. The zero-order valence-electron chi connectivity index (χ0n) is 6.20. The zero-order chi connectivity index (χ0) is 8.15. The molecule has 4 nitrogen and oxygen atoms in total. The second-order valence-electron chi connectivity index (χ2n) is 2.41. The van der Waals surface area contributed by atoms with Crippen LogP contribution in [0.5, 0.6) is 0 Å². The maximum absolute atomic E-state index is 9.18. The highest BCUT2D eigenvalue weighted by molar-refractivity contribution is 4.79. The fourth-order valence-corrected chi connectivity index (χ4v) is 0.667. The molecule has 4 heteroatoms. The molecule has 0 amide bonds. The lowest BCUT2D eigenvalue weighted by Crippen LogP contribution is -2.48. The summed E-state index contributed by atoms with van der Waals surface area (Å²) < 4.78 is 0. The Kier molecular flexibility index (Phi) is 4.55. The van der Waals surface area contributed by atoms with E-state index in [0.29, 0.717) is 6.42 Å². The molecule has 10 heavy (non-hydrogen) atoms. The highest BCUT2D eigenvalue weighted by Crippen LogP contribution is 1.98. The number of hydrogen-bond donors (Lipinski definition) is 4. The van der Waals surface area contributed by atoms with Crippen LogP contribution in [0.2, 0.25) is 0 Å². The van der Waals surface area contributed by atoms with Crippen LogP contribution in [-0.2, 0) is 0 Å². The van der Waals surface area contributed by atoms with Crippen molar-refractivity contribution >= 4 is 0 Å². The Morgan fingerprint density at radius 1 is 1.30 bits per heavy atom. The van der Waals surface area contributed by atoms with Crippen LogP contribution in [0.4, 0.5) is 0 Å². The van der Waals surface area contributed by atoms with Gasteiger partial charge in [0.15, 0.2) is 0 Å². The maximum atomic E-state index is 9.18. The average Bonchev–Trinajstić information content (AvgIpc) is 2.00.